The van der Waals surface area contributed by atoms with Crippen LogP contribution in [-0.4, -0.2) is 43.8 Å². The van der Waals surface area contributed by atoms with Gasteiger partial charge in [0, 0.05) is 7.05 Å². The van der Waals surface area contributed by atoms with Crippen LogP contribution in [0.15, 0.2) is 59.8 Å². The number of rotatable bonds is 6. The number of carbonyl (C=O) groups is 1. The third kappa shape index (κ3) is 4.08. The molecule has 134 valence electrons. The van der Waals surface area contributed by atoms with E-state index >= 15 is 0 Å². The Labute approximate surface area is 155 Å². The number of hydrogen-bond acceptors (Lipinski definition) is 5. The number of para-hydroxylation sites is 1. The first-order valence-electron chi connectivity index (χ1n) is 8.04. The van der Waals surface area contributed by atoms with Gasteiger partial charge in [-0.15, -0.1) is 5.10 Å². The van der Waals surface area contributed by atoms with Gasteiger partial charge in [-0.05, 0) is 47.2 Å². The van der Waals surface area contributed by atoms with Crippen molar-refractivity contribution >= 4 is 17.7 Å². The fraction of sp³-hybridized carbons (Fsp3) is 0.222. The molecule has 0 aliphatic heterocycles. The number of aromatic nitrogens is 4. The first-order valence-corrected chi connectivity index (χ1v) is 9.02. The third-order valence-corrected chi connectivity index (χ3v) is 5.00. The smallest absolute Gasteiger partial charge is 0.233 e. The van der Waals surface area contributed by atoms with E-state index in [9.17, 15) is 9.18 Å². The van der Waals surface area contributed by atoms with Crippen molar-refractivity contribution < 1.29 is 9.18 Å². The lowest BCUT2D eigenvalue weighted by atomic mass is 10.1. The second-order valence-electron chi connectivity index (χ2n) is 5.73. The molecule has 0 fully saturated rings. The minimum absolute atomic E-state index is 0.0607. The van der Waals surface area contributed by atoms with Gasteiger partial charge in [0.15, 0.2) is 0 Å². The van der Waals surface area contributed by atoms with E-state index in [4.69, 9.17) is 0 Å². The molecule has 0 bridgehead atoms. The predicted octanol–water partition coefficient (Wildman–Crippen LogP) is 3.11. The molecule has 1 aromatic heterocycles. The van der Waals surface area contributed by atoms with Crippen molar-refractivity contribution in [2.24, 2.45) is 0 Å². The van der Waals surface area contributed by atoms with Crippen LogP contribution in [0.25, 0.3) is 5.69 Å². The van der Waals surface area contributed by atoms with Crippen LogP contribution in [0.1, 0.15) is 18.5 Å². The summed E-state index contributed by atoms with van der Waals surface area (Å²) in [7, 11) is 1.73. The van der Waals surface area contributed by atoms with E-state index in [-0.39, 0.29) is 23.5 Å². The Balaban J connectivity index is 1.64. The molecule has 1 heterocycles. The molecular formula is C18H18FN5OS. The van der Waals surface area contributed by atoms with E-state index in [2.05, 4.69) is 15.5 Å². The van der Waals surface area contributed by atoms with Crippen LogP contribution in [0.4, 0.5) is 4.39 Å². The van der Waals surface area contributed by atoms with Crippen LogP contribution in [0.2, 0.25) is 0 Å². The van der Waals surface area contributed by atoms with Gasteiger partial charge in [0.05, 0.1) is 17.5 Å². The van der Waals surface area contributed by atoms with E-state index in [1.54, 1.807) is 28.8 Å². The molecule has 0 aliphatic rings. The Bertz CT molecular complexity index is 869. The Hall–Kier alpha value is -2.74. The van der Waals surface area contributed by atoms with Crippen molar-refractivity contribution in [1.82, 2.24) is 25.1 Å². The summed E-state index contributed by atoms with van der Waals surface area (Å²) < 4.78 is 14.7. The van der Waals surface area contributed by atoms with E-state index in [0.29, 0.717) is 5.16 Å². The molecule has 1 unspecified atom stereocenters. The fourth-order valence-electron chi connectivity index (χ4n) is 2.41. The summed E-state index contributed by atoms with van der Waals surface area (Å²) >= 11 is 1.28. The minimum Gasteiger partial charge on any atom is -0.338 e. The number of carbonyl (C=O) groups excluding carboxylic acids is 1. The van der Waals surface area contributed by atoms with Gasteiger partial charge in [-0.2, -0.15) is 4.68 Å². The lowest BCUT2D eigenvalue weighted by Crippen LogP contribution is -2.31. The topological polar surface area (TPSA) is 63.9 Å². The fourth-order valence-corrected chi connectivity index (χ4v) is 3.22. The van der Waals surface area contributed by atoms with E-state index in [1.807, 2.05) is 37.3 Å². The number of thioether (sulfide) groups is 1. The highest BCUT2D eigenvalue weighted by Crippen LogP contribution is 2.22. The van der Waals surface area contributed by atoms with Gasteiger partial charge in [0.2, 0.25) is 11.1 Å². The first-order chi connectivity index (χ1) is 12.6. The highest BCUT2D eigenvalue weighted by atomic mass is 32.2. The second kappa shape index (κ2) is 8.09. The largest absolute Gasteiger partial charge is 0.338 e. The Kier molecular flexibility index (Phi) is 5.62. The highest BCUT2D eigenvalue weighted by Gasteiger charge is 2.19. The van der Waals surface area contributed by atoms with Gasteiger partial charge < -0.3 is 4.90 Å². The standard InChI is InChI=1S/C18H18FN5OS/c1-13(14-8-10-15(19)11-9-14)23(2)17(25)12-26-18-20-21-22-24(18)16-6-4-3-5-7-16/h3-11,13H,12H2,1-2H3. The zero-order valence-corrected chi connectivity index (χ0v) is 15.2. The molecule has 3 rings (SSSR count). The average Bonchev–Trinajstić information content (AvgIpc) is 3.15. The van der Waals surface area contributed by atoms with Gasteiger partial charge >= 0.3 is 0 Å². The third-order valence-electron chi connectivity index (χ3n) is 4.09. The molecule has 0 N–H and O–H groups in total. The number of tetrazole rings is 1. The molecule has 2 aromatic carbocycles. The summed E-state index contributed by atoms with van der Waals surface area (Å²) in [6, 6.07) is 15.5. The van der Waals surface area contributed by atoms with E-state index in [0.717, 1.165) is 11.3 Å². The van der Waals surface area contributed by atoms with E-state index in [1.165, 1.54) is 23.9 Å². The van der Waals surface area contributed by atoms with Crippen molar-refractivity contribution in [3.8, 4) is 5.69 Å². The lowest BCUT2D eigenvalue weighted by Gasteiger charge is -2.25. The van der Waals surface area contributed by atoms with Crippen LogP contribution < -0.4 is 0 Å². The Morgan fingerprint density at radius 2 is 1.88 bits per heavy atom. The maximum absolute atomic E-state index is 13.1. The number of halogens is 1. The molecule has 0 spiro atoms. The quantitative estimate of drug-likeness (QED) is 0.623. The maximum atomic E-state index is 13.1. The zero-order chi connectivity index (χ0) is 18.5. The number of amides is 1. The normalized spacial score (nSPS) is 12.0. The summed E-state index contributed by atoms with van der Waals surface area (Å²) in [5.41, 5.74) is 1.71. The molecular weight excluding hydrogens is 353 g/mol. The Morgan fingerprint density at radius 1 is 1.19 bits per heavy atom. The SMILES string of the molecule is CC(c1ccc(F)cc1)N(C)C(=O)CSc1nnnn1-c1ccccc1. The van der Waals surface area contributed by atoms with Crippen LogP contribution in [0, 0.1) is 5.82 Å². The Morgan fingerprint density at radius 3 is 2.58 bits per heavy atom. The molecule has 0 aliphatic carbocycles. The molecule has 0 saturated heterocycles. The van der Waals surface area contributed by atoms with Crippen molar-refractivity contribution in [3.63, 3.8) is 0 Å². The summed E-state index contributed by atoms with van der Waals surface area (Å²) in [4.78, 5) is 14.2. The number of hydrogen-bond donors (Lipinski definition) is 0. The summed E-state index contributed by atoms with van der Waals surface area (Å²) in [5, 5.41) is 12.2. The average molecular weight is 371 g/mol. The molecule has 3 aromatic rings. The van der Waals surface area contributed by atoms with Gasteiger partial charge in [-0.25, -0.2) is 4.39 Å². The zero-order valence-electron chi connectivity index (χ0n) is 14.4. The minimum atomic E-state index is -0.293. The van der Waals surface area contributed by atoms with Crippen molar-refractivity contribution in [3.05, 3.63) is 66.0 Å². The second-order valence-corrected chi connectivity index (χ2v) is 6.67. The summed E-state index contributed by atoms with van der Waals surface area (Å²) in [6.45, 7) is 1.91. The molecule has 8 heteroatoms. The van der Waals surface area contributed by atoms with Crippen molar-refractivity contribution in [2.45, 2.75) is 18.1 Å². The lowest BCUT2D eigenvalue weighted by molar-refractivity contribution is -0.128. The maximum Gasteiger partial charge on any atom is 0.233 e. The molecule has 1 atom stereocenters. The monoisotopic (exact) mass is 371 g/mol. The van der Waals surface area contributed by atoms with Crippen molar-refractivity contribution in [2.75, 3.05) is 12.8 Å². The van der Waals surface area contributed by atoms with Crippen molar-refractivity contribution in [1.29, 1.82) is 0 Å². The predicted molar refractivity (Wildman–Crippen MR) is 97.5 cm³/mol. The molecule has 0 radical (unpaired) electrons. The first kappa shape index (κ1) is 18.1. The van der Waals surface area contributed by atoms with Crippen LogP contribution in [0.3, 0.4) is 0 Å². The van der Waals surface area contributed by atoms with E-state index < -0.39 is 0 Å². The highest BCUT2D eigenvalue weighted by molar-refractivity contribution is 7.99. The molecule has 1 amide bonds. The summed E-state index contributed by atoms with van der Waals surface area (Å²) in [5.74, 6) is -0.150. The number of nitrogens with zero attached hydrogens (tertiary/aromatic N) is 5. The molecule has 26 heavy (non-hydrogen) atoms. The molecule has 6 nitrogen and oxygen atoms in total. The van der Waals surface area contributed by atoms with Gasteiger partial charge in [0.1, 0.15) is 5.82 Å². The van der Waals surface area contributed by atoms with Gasteiger partial charge in [-0.3, -0.25) is 4.79 Å². The van der Waals surface area contributed by atoms with Gasteiger partial charge in [0.25, 0.3) is 0 Å². The van der Waals surface area contributed by atoms with Gasteiger partial charge in [-0.1, -0.05) is 42.1 Å². The van der Waals surface area contributed by atoms with Crippen LogP contribution in [-0.2, 0) is 4.79 Å². The molecule has 0 saturated carbocycles. The van der Waals surface area contributed by atoms with Crippen LogP contribution >= 0.6 is 11.8 Å². The van der Waals surface area contributed by atoms with Crippen LogP contribution in [0.5, 0.6) is 0 Å². The summed E-state index contributed by atoms with van der Waals surface area (Å²) in [6.07, 6.45) is 0. The number of benzene rings is 2.